The van der Waals surface area contributed by atoms with Crippen molar-refractivity contribution in [1.82, 2.24) is 10.3 Å². The molecular weight excluding hydrogens is 378 g/mol. The molecule has 128 valence electrons. The summed E-state index contributed by atoms with van der Waals surface area (Å²) in [5, 5.41) is 12.5. The van der Waals surface area contributed by atoms with E-state index in [9.17, 15) is 14.3 Å². The number of carbonyl (C=O) groups is 1. The zero-order chi connectivity index (χ0) is 17.9. The van der Waals surface area contributed by atoms with Crippen molar-refractivity contribution in [3.63, 3.8) is 0 Å². The third kappa shape index (κ3) is 4.16. The van der Waals surface area contributed by atoms with Gasteiger partial charge in [-0.05, 0) is 42.8 Å². The summed E-state index contributed by atoms with van der Waals surface area (Å²) >= 11 is 17.4. The molecule has 0 aliphatic heterocycles. The molecule has 2 rings (SSSR count). The minimum atomic E-state index is -1.10. The minimum absolute atomic E-state index is 0.0452. The van der Waals surface area contributed by atoms with Crippen molar-refractivity contribution in [2.45, 2.75) is 12.5 Å². The number of aromatic nitrogens is 1. The first-order chi connectivity index (χ1) is 11.3. The number of benzene rings is 1. The van der Waals surface area contributed by atoms with E-state index < -0.39 is 17.3 Å². The van der Waals surface area contributed by atoms with Gasteiger partial charge in [0.05, 0.1) is 22.9 Å². The van der Waals surface area contributed by atoms with Gasteiger partial charge in [-0.15, -0.1) is 11.6 Å². The molecule has 24 heavy (non-hydrogen) atoms. The number of nitrogens with zero attached hydrogens (tertiary/aromatic N) is 1. The van der Waals surface area contributed by atoms with Crippen molar-refractivity contribution in [3.05, 3.63) is 51.9 Å². The Kier molecular flexibility index (Phi) is 6.04. The molecule has 1 atom stereocenters. The van der Waals surface area contributed by atoms with E-state index in [2.05, 4.69) is 10.3 Å². The monoisotopic (exact) mass is 390 g/mol. The van der Waals surface area contributed by atoms with Crippen LogP contribution in [0.4, 0.5) is 4.39 Å². The fourth-order valence-corrected chi connectivity index (χ4v) is 2.62. The van der Waals surface area contributed by atoms with Gasteiger partial charge in [0.25, 0.3) is 0 Å². The average Bonchev–Trinajstić information content (AvgIpc) is 2.56. The van der Waals surface area contributed by atoms with Crippen molar-refractivity contribution < 1.29 is 14.3 Å². The molecule has 0 fully saturated rings. The number of halogens is 4. The number of amides is 1. The number of pyridine rings is 1. The van der Waals surface area contributed by atoms with Crippen LogP contribution >= 0.6 is 34.8 Å². The van der Waals surface area contributed by atoms with Gasteiger partial charge in [0.15, 0.2) is 0 Å². The van der Waals surface area contributed by atoms with Crippen LogP contribution in [0.5, 0.6) is 0 Å². The largest absolute Gasteiger partial charge is 0.394 e. The summed E-state index contributed by atoms with van der Waals surface area (Å²) in [6.07, 6.45) is 0. The lowest BCUT2D eigenvalue weighted by atomic mass is 9.92. The van der Waals surface area contributed by atoms with Crippen LogP contribution in [0.1, 0.15) is 12.5 Å². The fraction of sp³-hybridized carbons (Fsp3) is 0.250. The molecule has 0 radical (unpaired) electrons. The highest BCUT2D eigenvalue weighted by Crippen LogP contribution is 2.29. The Bertz CT molecular complexity index is 773. The molecule has 1 heterocycles. The number of aliphatic hydroxyl groups is 1. The van der Waals surface area contributed by atoms with Crippen molar-refractivity contribution in [3.8, 4) is 11.3 Å². The van der Waals surface area contributed by atoms with Gasteiger partial charge in [0, 0.05) is 5.56 Å². The third-order valence-corrected chi connectivity index (χ3v) is 4.23. The Morgan fingerprint density at radius 1 is 1.33 bits per heavy atom. The zero-order valence-corrected chi connectivity index (χ0v) is 14.9. The molecule has 0 saturated heterocycles. The second-order valence-corrected chi connectivity index (χ2v) is 6.43. The Morgan fingerprint density at radius 2 is 2.04 bits per heavy atom. The summed E-state index contributed by atoms with van der Waals surface area (Å²) in [6, 6.07) is 7.33. The van der Waals surface area contributed by atoms with Crippen molar-refractivity contribution in [2.24, 2.45) is 0 Å². The second-order valence-electron chi connectivity index (χ2n) is 5.36. The Hall–Kier alpha value is -1.40. The van der Waals surface area contributed by atoms with E-state index in [4.69, 9.17) is 34.8 Å². The van der Waals surface area contributed by atoms with Crippen LogP contribution < -0.4 is 5.32 Å². The smallest absolute Gasteiger partial charge is 0.235 e. The first kappa shape index (κ1) is 18.9. The average molecular weight is 392 g/mol. The van der Waals surface area contributed by atoms with E-state index in [-0.39, 0.29) is 22.7 Å². The Balaban J connectivity index is 2.50. The van der Waals surface area contributed by atoms with E-state index in [1.165, 1.54) is 24.3 Å². The molecule has 8 heteroatoms. The summed E-state index contributed by atoms with van der Waals surface area (Å²) in [7, 11) is 0. The highest BCUT2D eigenvalue weighted by molar-refractivity contribution is 6.31. The van der Waals surface area contributed by atoms with Crippen LogP contribution in [0, 0.1) is 5.82 Å². The molecule has 0 saturated carbocycles. The number of nitrogens with one attached hydrogen (secondary N) is 1. The zero-order valence-electron chi connectivity index (χ0n) is 12.6. The highest BCUT2D eigenvalue weighted by atomic mass is 35.5. The van der Waals surface area contributed by atoms with Crippen LogP contribution in [-0.2, 0) is 10.3 Å². The van der Waals surface area contributed by atoms with Gasteiger partial charge in [-0.3, -0.25) is 4.79 Å². The Labute approximate surface area is 153 Å². The summed E-state index contributed by atoms with van der Waals surface area (Å²) in [5.41, 5.74) is 0.407. The summed E-state index contributed by atoms with van der Waals surface area (Å²) in [5.74, 6) is -1.22. The number of carbonyl (C=O) groups excluding carboxylic acids is 1. The first-order valence-corrected chi connectivity index (χ1v) is 8.19. The van der Waals surface area contributed by atoms with Gasteiger partial charge < -0.3 is 10.4 Å². The molecule has 1 amide bonds. The summed E-state index contributed by atoms with van der Waals surface area (Å²) < 4.78 is 13.3. The first-order valence-electron chi connectivity index (χ1n) is 6.90. The number of aliphatic hydroxyl groups excluding tert-OH is 1. The molecule has 0 aliphatic rings. The van der Waals surface area contributed by atoms with Crippen molar-refractivity contribution in [2.75, 3.05) is 12.5 Å². The molecule has 0 aliphatic carbocycles. The van der Waals surface area contributed by atoms with Gasteiger partial charge in [0.2, 0.25) is 5.91 Å². The molecule has 1 aromatic heterocycles. The minimum Gasteiger partial charge on any atom is -0.394 e. The maximum Gasteiger partial charge on any atom is 0.235 e. The molecule has 4 nitrogen and oxygen atoms in total. The molecule has 0 spiro atoms. The highest BCUT2D eigenvalue weighted by Gasteiger charge is 2.29. The van der Waals surface area contributed by atoms with Crippen LogP contribution in [0.25, 0.3) is 11.3 Å². The summed E-state index contributed by atoms with van der Waals surface area (Å²) in [4.78, 5) is 15.8. The van der Waals surface area contributed by atoms with E-state index in [1.807, 2.05) is 0 Å². The van der Waals surface area contributed by atoms with Crippen LogP contribution in [0.15, 0.2) is 30.3 Å². The maximum absolute atomic E-state index is 13.3. The standard InChI is InChI=1S/C16H14Cl3FN2O2/c1-16(8-23,22-15(24)7-17)10-5-13(21-14(19)6-10)9-2-3-12(20)11(18)4-9/h2-6,23H,7-8H2,1H3,(H,22,24). The van der Waals surface area contributed by atoms with E-state index in [0.717, 1.165) is 0 Å². The van der Waals surface area contributed by atoms with E-state index in [1.54, 1.807) is 13.0 Å². The van der Waals surface area contributed by atoms with E-state index >= 15 is 0 Å². The number of rotatable bonds is 5. The number of alkyl halides is 1. The third-order valence-electron chi connectivity index (χ3n) is 3.50. The van der Waals surface area contributed by atoms with Crippen LogP contribution in [0.2, 0.25) is 10.2 Å². The Morgan fingerprint density at radius 3 is 2.62 bits per heavy atom. The fourth-order valence-electron chi connectivity index (χ4n) is 2.16. The van der Waals surface area contributed by atoms with Gasteiger partial charge >= 0.3 is 0 Å². The van der Waals surface area contributed by atoms with Gasteiger partial charge in [0.1, 0.15) is 16.9 Å². The lowest BCUT2D eigenvalue weighted by molar-refractivity contribution is -0.121. The normalized spacial score (nSPS) is 13.4. The quantitative estimate of drug-likeness (QED) is 0.602. The molecule has 1 unspecified atom stereocenters. The van der Waals surface area contributed by atoms with Gasteiger partial charge in [-0.25, -0.2) is 9.37 Å². The molecule has 2 N–H and O–H groups in total. The lowest BCUT2D eigenvalue weighted by Crippen LogP contribution is -2.47. The lowest BCUT2D eigenvalue weighted by Gasteiger charge is -2.29. The molecule has 0 bridgehead atoms. The predicted molar refractivity (Wildman–Crippen MR) is 93.0 cm³/mol. The SMILES string of the molecule is CC(CO)(NC(=O)CCl)c1cc(Cl)nc(-c2ccc(F)c(Cl)c2)c1. The topological polar surface area (TPSA) is 62.2 Å². The van der Waals surface area contributed by atoms with Crippen molar-refractivity contribution >= 4 is 40.7 Å². The second kappa shape index (κ2) is 7.66. The number of hydrogen-bond donors (Lipinski definition) is 2. The van der Waals surface area contributed by atoms with Gasteiger partial charge in [-0.1, -0.05) is 23.2 Å². The molecular formula is C16H14Cl3FN2O2. The van der Waals surface area contributed by atoms with Crippen LogP contribution in [0.3, 0.4) is 0 Å². The summed E-state index contributed by atoms with van der Waals surface area (Å²) in [6.45, 7) is 1.25. The van der Waals surface area contributed by atoms with E-state index in [0.29, 0.717) is 16.8 Å². The molecule has 2 aromatic rings. The maximum atomic E-state index is 13.3. The predicted octanol–water partition coefficient (Wildman–Crippen LogP) is 3.76. The van der Waals surface area contributed by atoms with Gasteiger partial charge in [-0.2, -0.15) is 0 Å². The molecule has 1 aromatic carbocycles. The number of hydrogen-bond acceptors (Lipinski definition) is 3. The van der Waals surface area contributed by atoms with Crippen molar-refractivity contribution in [1.29, 1.82) is 0 Å². The van der Waals surface area contributed by atoms with Crippen LogP contribution in [-0.4, -0.2) is 28.5 Å².